The third kappa shape index (κ3) is 3.33. The molecule has 1 rings (SSSR count). The van der Waals surface area contributed by atoms with Crippen LogP contribution < -0.4 is 5.32 Å². The molecule has 1 aliphatic heterocycles. The smallest absolute Gasteiger partial charge is 0.433 e. The minimum absolute atomic E-state index is 0.0776. The number of nitrogens with zero attached hydrogens (tertiary/aromatic N) is 1. The first-order valence-electron chi connectivity index (χ1n) is 5.09. The molecular formula is C9H18N2O4. The number of hydrogen-bond acceptors (Lipinski definition) is 6. The predicted octanol–water partition coefficient (Wildman–Crippen LogP) is -0.413. The summed E-state index contributed by atoms with van der Waals surface area (Å²) in [6.07, 6.45) is -0.689. The second-order valence-electron chi connectivity index (χ2n) is 3.46. The topological polar surface area (TPSA) is 71.0 Å². The Bertz CT molecular complexity index is 200. The molecule has 1 heterocycles. The summed E-state index contributed by atoms with van der Waals surface area (Å²) in [5, 5.41) is 13.7. The Kier molecular flexibility index (Phi) is 4.80. The first-order chi connectivity index (χ1) is 7.21. The largest absolute Gasteiger partial charge is 0.527 e. The zero-order valence-corrected chi connectivity index (χ0v) is 9.10. The maximum Gasteiger partial charge on any atom is 0.527 e. The normalized spacial score (nSPS) is 26.6. The summed E-state index contributed by atoms with van der Waals surface area (Å²) in [6.45, 7) is 3.19. The summed E-state index contributed by atoms with van der Waals surface area (Å²) in [4.78, 5) is 16.0. The molecule has 1 aliphatic rings. The van der Waals surface area contributed by atoms with E-state index in [1.165, 1.54) is 5.06 Å². The molecule has 15 heavy (non-hydrogen) atoms. The number of rotatable bonds is 4. The van der Waals surface area contributed by atoms with Gasteiger partial charge in [0.15, 0.2) is 0 Å². The van der Waals surface area contributed by atoms with Gasteiger partial charge < -0.3 is 20.0 Å². The number of likely N-dealkylation sites (N-methyl/N-ethyl adjacent to an activating group) is 1. The van der Waals surface area contributed by atoms with Crippen molar-refractivity contribution in [3.63, 3.8) is 0 Å². The van der Waals surface area contributed by atoms with Crippen LogP contribution in [0.4, 0.5) is 4.79 Å². The molecule has 2 N–H and O–H groups in total. The van der Waals surface area contributed by atoms with E-state index in [1.807, 2.05) is 7.05 Å². The van der Waals surface area contributed by atoms with Crippen molar-refractivity contribution in [2.75, 3.05) is 33.4 Å². The molecule has 0 aromatic carbocycles. The molecule has 2 unspecified atom stereocenters. The monoisotopic (exact) mass is 218 g/mol. The zero-order valence-electron chi connectivity index (χ0n) is 9.10. The van der Waals surface area contributed by atoms with Gasteiger partial charge in [-0.1, -0.05) is 0 Å². The fraction of sp³-hybridized carbons (Fsp3) is 0.889. The maximum atomic E-state index is 11.0. The van der Waals surface area contributed by atoms with Gasteiger partial charge in [0.2, 0.25) is 0 Å². The average Bonchev–Trinajstić information content (AvgIpc) is 2.60. The maximum absolute atomic E-state index is 11.0. The number of carbonyl (C=O) groups is 1. The molecule has 6 nitrogen and oxygen atoms in total. The lowest BCUT2D eigenvalue weighted by molar-refractivity contribution is -0.115. The van der Waals surface area contributed by atoms with Gasteiger partial charge in [-0.3, -0.25) is 0 Å². The molecule has 2 atom stereocenters. The molecule has 1 fully saturated rings. The van der Waals surface area contributed by atoms with E-state index in [2.05, 4.69) is 10.1 Å². The van der Waals surface area contributed by atoms with E-state index in [-0.39, 0.29) is 18.6 Å². The quantitative estimate of drug-likeness (QED) is 0.625. The molecule has 88 valence electrons. The third-order valence-electron chi connectivity index (χ3n) is 2.48. The van der Waals surface area contributed by atoms with Crippen molar-refractivity contribution < 1.29 is 19.5 Å². The van der Waals surface area contributed by atoms with Crippen LogP contribution in [-0.2, 0) is 9.57 Å². The summed E-state index contributed by atoms with van der Waals surface area (Å²) in [6, 6.07) is 0.143. The van der Waals surface area contributed by atoms with E-state index >= 15 is 0 Å². The fourth-order valence-corrected chi connectivity index (χ4v) is 1.67. The standard InChI is InChI=1S/C9H18N2O4/c1-3-14-9(13)15-11-4-7(6-12)8(5-11)10-2/h7-8,10,12H,3-6H2,1-2H3. The van der Waals surface area contributed by atoms with Crippen molar-refractivity contribution >= 4 is 6.16 Å². The van der Waals surface area contributed by atoms with Gasteiger partial charge in [0.1, 0.15) is 0 Å². The molecule has 6 heteroatoms. The fourth-order valence-electron chi connectivity index (χ4n) is 1.67. The highest BCUT2D eigenvalue weighted by Gasteiger charge is 2.33. The van der Waals surface area contributed by atoms with Crippen molar-refractivity contribution in [2.45, 2.75) is 13.0 Å². The summed E-state index contributed by atoms with van der Waals surface area (Å²) in [7, 11) is 1.82. The van der Waals surface area contributed by atoms with Crippen LogP contribution >= 0.6 is 0 Å². The Balaban J connectivity index is 2.36. The van der Waals surface area contributed by atoms with E-state index in [0.29, 0.717) is 19.7 Å². The van der Waals surface area contributed by atoms with E-state index in [4.69, 9.17) is 9.94 Å². The highest BCUT2D eigenvalue weighted by Crippen LogP contribution is 2.16. The van der Waals surface area contributed by atoms with Gasteiger partial charge >= 0.3 is 6.16 Å². The molecule has 0 aromatic heterocycles. The Morgan fingerprint density at radius 1 is 1.60 bits per heavy atom. The first-order valence-corrected chi connectivity index (χ1v) is 5.09. The van der Waals surface area contributed by atoms with Crippen LogP contribution in [0.5, 0.6) is 0 Å². The highest BCUT2D eigenvalue weighted by molar-refractivity contribution is 5.59. The predicted molar refractivity (Wildman–Crippen MR) is 53.1 cm³/mol. The first kappa shape index (κ1) is 12.2. The number of aliphatic hydroxyl groups is 1. The van der Waals surface area contributed by atoms with Crippen LogP contribution in [0, 0.1) is 5.92 Å². The molecule has 0 bridgehead atoms. The summed E-state index contributed by atoms with van der Waals surface area (Å²) >= 11 is 0. The number of carbonyl (C=O) groups excluding carboxylic acids is 1. The number of hydrogen-bond donors (Lipinski definition) is 2. The molecule has 0 aliphatic carbocycles. The molecule has 1 saturated heterocycles. The average molecular weight is 218 g/mol. The van der Waals surface area contributed by atoms with Gasteiger partial charge in [0.25, 0.3) is 0 Å². The molecular weight excluding hydrogens is 200 g/mol. The number of ether oxygens (including phenoxy) is 1. The molecule has 0 radical (unpaired) electrons. The molecule has 0 spiro atoms. The lowest BCUT2D eigenvalue weighted by Crippen LogP contribution is -2.35. The third-order valence-corrected chi connectivity index (χ3v) is 2.48. The van der Waals surface area contributed by atoms with E-state index < -0.39 is 6.16 Å². The van der Waals surface area contributed by atoms with Gasteiger partial charge in [-0.25, -0.2) is 4.79 Å². The van der Waals surface area contributed by atoms with E-state index in [0.717, 1.165) is 0 Å². The summed E-state index contributed by atoms with van der Waals surface area (Å²) in [5.41, 5.74) is 0. The van der Waals surface area contributed by atoms with Crippen LogP contribution in [0.2, 0.25) is 0 Å². The van der Waals surface area contributed by atoms with Gasteiger partial charge in [-0.2, -0.15) is 0 Å². The summed E-state index contributed by atoms with van der Waals surface area (Å²) in [5.74, 6) is 0.0874. The van der Waals surface area contributed by atoms with E-state index in [9.17, 15) is 4.79 Å². The molecule has 0 aromatic rings. The van der Waals surface area contributed by atoms with Gasteiger partial charge in [0.05, 0.1) is 13.2 Å². The van der Waals surface area contributed by atoms with Crippen molar-refractivity contribution in [3.8, 4) is 0 Å². The minimum Gasteiger partial charge on any atom is -0.433 e. The van der Waals surface area contributed by atoms with Gasteiger partial charge in [-0.15, -0.1) is 5.06 Å². The van der Waals surface area contributed by atoms with Crippen molar-refractivity contribution in [1.29, 1.82) is 0 Å². The number of nitrogens with one attached hydrogen (secondary N) is 1. The van der Waals surface area contributed by atoms with Crippen molar-refractivity contribution in [2.24, 2.45) is 5.92 Å². The van der Waals surface area contributed by atoms with Gasteiger partial charge in [-0.05, 0) is 14.0 Å². The Morgan fingerprint density at radius 2 is 2.33 bits per heavy atom. The number of hydroxylamine groups is 2. The van der Waals surface area contributed by atoms with Crippen molar-refractivity contribution in [3.05, 3.63) is 0 Å². The number of aliphatic hydroxyl groups excluding tert-OH is 1. The Hall–Kier alpha value is -0.850. The van der Waals surface area contributed by atoms with Gasteiger partial charge in [0, 0.05) is 25.1 Å². The van der Waals surface area contributed by atoms with Crippen LogP contribution in [-0.4, -0.2) is 55.7 Å². The Morgan fingerprint density at radius 3 is 2.80 bits per heavy atom. The lowest BCUT2D eigenvalue weighted by atomic mass is 10.1. The van der Waals surface area contributed by atoms with E-state index in [1.54, 1.807) is 6.92 Å². The Labute approximate surface area is 89.1 Å². The summed E-state index contributed by atoms with van der Waals surface area (Å²) < 4.78 is 4.66. The molecule has 0 saturated carbocycles. The minimum atomic E-state index is -0.689. The van der Waals surface area contributed by atoms with Crippen LogP contribution in [0.25, 0.3) is 0 Å². The SMILES string of the molecule is CCOC(=O)ON1CC(CO)C(NC)C1. The highest BCUT2D eigenvalue weighted by atomic mass is 16.8. The second kappa shape index (κ2) is 5.89. The van der Waals surface area contributed by atoms with Crippen molar-refractivity contribution in [1.82, 2.24) is 10.4 Å². The van der Waals surface area contributed by atoms with Crippen LogP contribution in [0.3, 0.4) is 0 Å². The lowest BCUT2D eigenvalue weighted by Gasteiger charge is -2.14. The zero-order chi connectivity index (χ0) is 11.3. The second-order valence-corrected chi connectivity index (χ2v) is 3.46. The van der Waals surface area contributed by atoms with Crippen LogP contribution in [0.1, 0.15) is 6.92 Å². The van der Waals surface area contributed by atoms with Crippen LogP contribution in [0.15, 0.2) is 0 Å². The molecule has 0 amide bonds.